The fourth-order valence-corrected chi connectivity index (χ4v) is 6.40. The summed E-state index contributed by atoms with van der Waals surface area (Å²) in [5.41, 5.74) is 0. The van der Waals surface area contributed by atoms with E-state index in [0.717, 1.165) is 49.9 Å². The van der Waals surface area contributed by atoms with Crippen LogP contribution >= 0.6 is 21.5 Å². The molecule has 2 aromatic rings. The fraction of sp³-hybridized carbons (Fsp3) is 0.548. The Morgan fingerprint density at radius 3 is 1.33 bits per heavy atom. The van der Waals surface area contributed by atoms with E-state index in [4.69, 9.17) is 39.7 Å². The molecule has 2 aromatic carbocycles. The number of unbranched alkanes of at least 4 members (excludes halogenated alkanes) is 8. The Hall–Kier alpha value is -0.480. The second-order valence-electron chi connectivity index (χ2n) is 11.0. The van der Waals surface area contributed by atoms with Gasteiger partial charge in [-0.2, -0.15) is 26.7 Å². The molecule has 12 nitrogen and oxygen atoms in total. The van der Waals surface area contributed by atoms with Gasteiger partial charge in [0, 0.05) is 11.3 Å². The molecule has 0 bridgehead atoms. The molecule has 0 radical (unpaired) electrons. The van der Waals surface area contributed by atoms with Gasteiger partial charge < -0.3 is 21.8 Å². The molecule has 49 heavy (non-hydrogen) atoms. The molecular weight excluding hydrogens is 741 g/mol. The summed E-state index contributed by atoms with van der Waals surface area (Å²) in [6.45, 7) is 5.32. The molecule has 2 rings (SSSR count). The van der Waals surface area contributed by atoms with Crippen molar-refractivity contribution in [2.75, 3.05) is 0 Å². The summed E-state index contributed by atoms with van der Waals surface area (Å²) < 4.78 is 84.5. The van der Waals surface area contributed by atoms with Gasteiger partial charge in [-0.1, -0.05) is 64.7 Å². The molecule has 0 spiro atoms. The monoisotopic (exact) mass is 788 g/mol. The minimum atomic E-state index is -4.43. The van der Waals surface area contributed by atoms with Crippen LogP contribution in [0.5, 0.6) is 11.5 Å². The van der Waals surface area contributed by atoms with Crippen molar-refractivity contribution in [1.29, 1.82) is 0 Å². The number of alkyl halides is 1. The summed E-state index contributed by atoms with van der Waals surface area (Å²) in [6, 6.07) is 8.92. The predicted octanol–water partition coefficient (Wildman–Crippen LogP) is 2.12. The van der Waals surface area contributed by atoms with Crippen LogP contribution in [-0.4, -0.2) is 55.8 Å². The Labute approximate surface area is 345 Å². The first-order valence-electron chi connectivity index (χ1n) is 15.2. The summed E-state index contributed by atoms with van der Waals surface area (Å²) in [4.78, 5) is 24.4. The quantitative estimate of drug-likeness (QED) is 0.0404. The fourth-order valence-electron chi connectivity index (χ4n) is 4.87. The normalized spacial score (nSPS) is 13.6. The summed E-state index contributed by atoms with van der Waals surface area (Å²) >= 11 is 6.82. The third-order valence-electron chi connectivity index (χ3n) is 7.29. The Kier molecular flexibility index (Phi) is 26.3. The Morgan fingerprint density at radius 1 is 0.673 bits per heavy atom. The maximum atomic E-state index is 12.6. The number of ether oxygens (including phenoxy) is 4. The van der Waals surface area contributed by atoms with Gasteiger partial charge in [0.2, 0.25) is 0 Å². The van der Waals surface area contributed by atoms with E-state index >= 15 is 0 Å². The molecule has 0 heterocycles. The van der Waals surface area contributed by atoms with Crippen LogP contribution in [0.2, 0.25) is 0 Å². The summed E-state index contributed by atoms with van der Waals surface area (Å²) in [6.07, 6.45) is 6.53. The molecule has 0 aliphatic rings. The molecule has 0 saturated heterocycles. The topological polar surface area (TPSA) is 180 Å². The van der Waals surface area contributed by atoms with E-state index in [1.54, 1.807) is 13.8 Å². The van der Waals surface area contributed by atoms with Gasteiger partial charge in [-0.15, -0.1) is 11.6 Å². The molecule has 0 saturated carbocycles. The average molecular weight is 789 g/mol. The molecule has 0 aromatic heterocycles. The minimum absolute atomic E-state index is 0. The van der Waals surface area contributed by atoms with Gasteiger partial charge in [-0.05, 0) is 68.8 Å². The van der Waals surface area contributed by atoms with Crippen molar-refractivity contribution >= 4 is 54.0 Å². The van der Waals surface area contributed by atoms with E-state index in [1.165, 1.54) is 56.4 Å². The van der Waals surface area contributed by atoms with Crippen LogP contribution in [0.3, 0.4) is 0 Å². The third kappa shape index (κ3) is 19.8. The Morgan fingerprint density at radius 2 is 1.00 bits per heavy atom. The van der Waals surface area contributed by atoms with Crippen molar-refractivity contribution in [1.82, 2.24) is 0 Å². The van der Waals surface area contributed by atoms with Crippen molar-refractivity contribution in [2.24, 2.45) is 5.92 Å². The van der Waals surface area contributed by atoms with Gasteiger partial charge in [-0.3, -0.25) is 9.11 Å². The number of carbonyl (C=O) groups excluding carboxylic acids is 2. The van der Waals surface area contributed by atoms with Gasteiger partial charge >= 0.3 is 71.4 Å². The maximum absolute atomic E-state index is 12.6. The number of halogens is 1. The molecule has 0 aliphatic carbocycles. The van der Waals surface area contributed by atoms with Gasteiger partial charge in [-0.25, -0.2) is 9.59 Å². The maximum Gasteiger partial charge on any atom is 1.00 e. The predicted molar refractivity (Wildman–Crippen MR) is 184 cm³/mol. The molecule has 4 atom stereocenters. The third-order valence-corrected chi connectivity index (χ3v) is 9.54. The van der Waals surface area contributed by atoms with Crippen molar-refractivity contribution in [2.45, 2.75) is 112 Å². The van der Waals surface area contributed by atoms with Crippen molar-refractivity contribution in [3.05, 3.63) is 48.5 Å². The molecule has 4 unspecified atom stereocenters. The molecule has 0 aliphatic heterocycles. The van der Waals surface area contributed by atoms with Crippen LogP contribution in [0.1, 0.15) is 87.8 Å². The number of hydrogen-bond donors (Lipinski definition) is 2. The van der Waals surface area contributed by atoms with Gasteiger partial charge in [0.05, 0.1) is 9.79 Å². The van der Waals surface area contributed by atoms with Crippen LogP contribution in [-0.2, 0) is 29.7 Å². The number of benzene rings is 2. The molecule has 18 heteroatoms. The zero-order valence-corrected chi connectivity index (χ0v) is 36.7. The summed E-state index contributed by atoms with van der Waals surface area (Å²) in [5.74, 6) is -0.781. The first-order chi connectivity index (χ1) is 21.6. The van der Waals surface area contributed by atoms with Crippen molar-refractivity contribution in [3.63, 3.8) is 0 Å². The van der Waals surface area contributed by atoms with E-state index in [1.807, 2.05) is 0 Å². The zero-order chi connectivity index (χ0) is 34.3. The smallest absolute Gasteiger partial charge is 1.00 e. The number of rotatable bonds is 19. The van der Waals surface area contributed by atoms with E-state index in [0.29, 0.717) is 6.42 Å². The standard InChI is InChI=1S/C31H43ClO12S2.2Na.H3P.2H/c1-4-5-6-7-8-9-10-11-12-13-28(32)29(22(2)41-30(33)43-24-14-18-26(19-15-24)45(35,36)37)23(3)42-31(34)44-25-16-20-27(21-17-25)46(38,39)40;;;;;/h14-23,28-29H,4-13H2,1-3H3,(H,35,36,37)(H,38,39,40);;;1H3;;/q;2*+1;;2*-1. The molecule has 0 fully saturated rings. The van der Waals surface area contributed by atoms with E-state index in [2.05, 4.69) is 6.92 Å². The van der Waals surface area contributed by atoms with Crippen LogP contribution < -0.4 is 68.6 Å². The number of carbonyl (C=O) groups is 2. The second kappa shape index (κ2) is 25.5. The minimum Gasteiger partial charge on any atom is -1.00 e. The Bertz CT molecular complexity index is 1380. The van der Waals surface area contributed by atoms with E-state index < -0.39 is 56.0 Å². The SMILES string of the molecule is CCCCCCCCCCCC(Cl)C(C(C)OC(=O)Oc1ccc(S(=O)(=O)O)cc1)C(C)OC(=O)Oc1ccc(S(=O)(=O)O)cc1.P.[H-].[H-].[Na+].[Na+]. The molecular formula is C31H48ClNa2O12PS2. The van der Waals surface area contributed by atoms with E-state index in [9.17, 15) is 26.4 Å². The largest absolute Gasteiger partial charge is 1.00 e. The summed E-state index contributed by atoms with van der Waals surface area (Å²) in [5, 5.41) is -0.585. The molecule has 270 valence electrons. The van der Waals surface area contributed by atoms with Crippen LogP contribution in [0.15, 0.2) is 58.3 Å². The van der Waals surface area contributed by atoms with Crippen molar-refractivity contribution < 1.29 is 116 Å². The zero-order valence-electron chi connectivity index (χ0n) is 30.9. The average Bonchev–Trinajstić information content (AvgIpc) is 2.95. The van der Waals surface area contributed by atoms with Gasteiger partial charge in [0.25, 0.3) is 20.2 Å². The van der Waals surface area contributed by atoms with Gasteiger partial charge in [0.15, 0.2) is 0 Å². The van der Waals surface area contributed by atoms with E-state index in [-0.39, 0.29) is 93.2 Å². The van der Waals surface area contributed by atoms with Crippen LogP contribution in [0.4, 0.5) is 9.59 Å². The first-order valence-corrected chi connectivity index (χ1v) is 18.5. The molecule has 0 amide bonds. The van der Waals surface area contributed by atoms with Crippen molar-refractivity contribution in [3.8, 4) is 11.5 Å². The van der Waals surface area contributed by atoms with Crippen LogP contribution in [0.25, 0.3) is 0 Å². The first kappa shape index (κ1) is 50.6. The van der Waals surface area contributed by atoms with Gasteiger partial charge in [0.1, 0.15) is 23.7 Å². The Balaban J connectivity index is -0.00000221. The van der Waals surface area contributed by atoms with Crippen LogP contribution in [0, 0.1) is 5.92 Å². The number of hydrogen-bond acceptors (Lipinski definition) is 10. The second-order valence-corrected chi connectivity index (χ2v) is 14.4. The summed E-state index contributed by atoms with van der Waals surface area (Å²) in [7, 11) is -8.85. The molecule has 2 N–H and O–H groups in total.